The maximum absolute atomic E-state index is 15.7. The highest BCUT2D eigenvalue weighted by Crippen LogP contribution is 2.60. The Morgan fingerprint density at radius 1 is 0.575 bits per heavy atom. The zero-order valence-electron chi connectivity index (χ0n) is 22.8. The van der Waals surface area contributed by atoms with Gasteiger partial charge >= 0.3 is 0 Å². The quantitative estimate of drug-likeness (QED) is 0.185. The van der Waals surface area contributed by atoms with Crippen molar-refractivity contribution >= 4 is 59.7 Å². The van der Waals surface area contributed by atoms with Crippen molar-refractivity contribution in [2.45, 2.75) is 44.4 Å². The molecule has 1 aliphatic rings. The minimum atomic E-state index is -2.88. The average Bonchev–Trinajstić information content (AvgIpc) is 3.04. The lowest BCUT2D eigenvalue weighted by atomic mass is 9.77. The summed E-state index contributed by atoms with van der Waals surface area (Å²) in [6, 6.07) is 35.0. The Balaban J connectivity index is 1.64. The van der Waals surface area contributed by atoms with Crippen molar-refractivity contribution in [1.82, 2.24) is 0 Å². The summed E-state index contributed by atoms with van der Waals surface area (Å²) in [5, 5.41) is 2.20. The summed E-state index contributed by atoms with van der Waals surface area (Å²) in [6.07, 6.45) is 0. The Kier molecular flexibility index (Phi) is 6.47. The van der Waals surface area contributed by atoms with Crippen molar-refractivity contribution < 1.29 is 8.78 Å². The zero-order valence-corrected chi connectivity index (χ0v) is 25.9. The van der Waals surface area contributed by atoms with Gasteiger partial charge in [0.25, 0.3) is 5.92 Å². The molecule has 0 amide bonds. The molecule has 0 aliphatic heterocycles. The fraction of sp³-hybridized carbons (Fsp3) is 0.200. The molecule has 0 atom stereocenters. The molecule has 0 spiro atoms. The minimum absolute atomic E-state index is 0.706. The SMILES string of the molecule is CC1(C)c2ccc(-c3cc4ccccc4cc3N(c3ccc(Br)cc3)c3ccc(Br)cc3)cc2C(C)(C)C1(F)F. The van der Waals surface area contributed by atoms with E-state index in [1.165, 1.54) is 0 Å². The van der Waals surface area contributed by atoms with E-state index in [1.54, 1.807) is 27.7 Å². The summed E-state index contributed by atoms with van der Waals surface area (Å²) < 4.78 is 33.5. The highest BCUT2D eigenvalue weighted by Gasteiger charge is 2.65. The number of rotatable bonds is 4. The monoisotopic (exact) mass is 659 g/mol. The second-order valence-electron chi connectivity index (χ2n) is 11.6. The van der Waals surface area contributed by atoms with E-state index in [-0.39, 0.29) is 0 Å². The second kappa shape index (κ2) is 9.53. The van der Waals surface area contributed by atoms with E-state index in [2.05, 4.69) is 85.3 Å². The van der Waals surface area contributed by atoms with Crippen LogP contribution in [0.15, 0.2) is 112 Å². The maximum Gasteiger partial charge on any atom is 0.266 e. The van der Waals surface area contributed by atoms with Crippen molar-refractivity contribution in [1.29, 1.82) is 0 Å². The lowest BCUT2D eigenvalue weighted by molar-refractivity contribution is -0.105. The number of halogens is 4. The third-order valence-electron chi connectivity index (χ3n) is 8.52. The highest BCUT2D eigenvalue weighted by molar-refractivity contribution is 9.10. The molecule has 202 valence electrons. The Bertz CT molecular complexity index is 1690. The largest absolute Gasteiger partial charge is 0.310 e. The molecule has 1 nitrogen and oxygen atoms in total. The fourth-order valence-corrected chi connectivity index (χ4v) is 6.67. The van der Waals surface area contributed by atoms with Crippen LogP contribution in [-0.4, -0.2) is 5.92 Å². The van der Waals surface area contributed by atoms with Gasteiger partial charge < -0.3 is 4.90 Å². The van der Waals surface area contributed by atoms with Crippen LogP contribution in [0.5, 0.6) is 0 Å². The molecular weight excluding hydrogens is 632 g/mol. The molecule has 0 heterocycles. The molecule has 5 aromatic carbocycles. The number of nitrogens with zero attached hydrogens (tertiary/aromatic N) is 1. The van der Waals surface area contributed by atoms with Crippen molar-refractivity contribution in [3.8, 4) is 11.1 Å². The third kappa shape index (κ3) is 4.12. The zero-order chi connectivity index (χ0) is 28.4. The smallest absolute Gasteiger partial charge is 0.266 e. The summed E-state index contributed by atoms with van der Waals surface area (Å²) in [4.78, 5) is 2.23. The van der Waals surface area contributed by atoms with E-state index in [0.717, 1.165) is 47.9 Å². The Labute approximate surface area is 251 Å². The van der Waals surface area contributed by atoms with Gasteiger partial charge in [-0.25, -0.2) is 8.78 Å². The van der Waals surface area contributed by atoms with Crippen LogP contribution in [-0.2, 0) is 10.8 Å². The first-order chi connectivity index (χ1) is 18.9. The van der Waals surface area contributed by atoms with E-state index >= 15 is 8.78 Å². The summed E-state index contributed by atoms with van der Waals surface area (Å²) in [5.74, 6) is -2.88. The molecule has 5 heteroatoms. The van der Waals surface area contributed by atoms with Gasteiger partial charge in [0.2, 0.25) is 0 Å². The summed E-state index contributed by atoms with van der Waals surface area (Å²) in [5.41, 5.74) is 3.74. The van der Waals surface area contributed by atoms with Crippen molar-refractivity contribution in [2.24, 2.45) is 0 Å². The predicted octanol–water partition coefficient (Wildman–Crippen LogP) is 11.7. The molecule has 5 aromatic rings. The van der Waals surface area contributed by atoms with Gasteiger partial charge in [-0.05, 0) is 116 Å². The molecule has 1 aliphatic carbocycles. The van der Waals surface area contributed by atoms with Crippen molar-refractivity contribution in [2.75, 3.05) is 4.90 Å². The highest BCUT2D eigenvalue weighted by atomic mass is 79.9. The molecule has 6 rings (SSSR count). The molecule has 0 aromatic heterocycles. The molecule has 0 saturated carbocycles. The van der Waals surface area contributed by atoms with Crippen molar-refractivity contribution in [3.63, 3.8) is 0 Å². The fourth-order valence-electron chi connectivity index (χ4n) is 6.15. The first kappa shape index (κ1) is 27.2. The summed E-state index contributed by atoms with van der Waals surface area (Å²) in [7, 11) is 0. The molecule has 0 radical (unpaired) electrons. The molecule has 0 unspecified atom stereocenters. The van der Waals surface area contributed by atoms with E-state index in [4.69, 9.17) is 0 Å². The van der Waals surface area contributed by atoms with Crippen LogP contribution in [0.4, 0.5) is 25.8 Å². The van der Waals surface area contributed by atoms with Gasteiger partial charge in [-0.2, -0.15) is 0 Å². The van der Waals surface area contributed by atoms with Crippen LogP contribution in [0.3, 0.4) is 0 Å². The van der Waals surface area contributed by atoms with Crippen LogP contribution in [0.25, 0.3) is 21.9 Å². The van der Waals surface area contributed by atoms with Crippen LogP contribution in [0, 0.1) is 0 Å². The topological polar surface area (TPSA) is 3.24 Å². The molecule has 40 heavy (non-hydrogen) atoms. The Hall–Kier alpha value is -3.02. The number of fused-ring (bicyclic) bond motifs is 2. The van der Waals surface area contributed by atoms with Gasteiger partial charge in [0, 0.05) is 25.9 Å². The number of anilines is 3. The molecule has 0 saturated heterocycles. The Morgan fingerprint density at radius 2 is 1.07 bits per heavy atom. The van der Waals surface area contributed by atoms with E-state index in [1.807, 2.05) is 54.6 Å². The van der Waals surface area contributed by atoms with Crippen LogP contribution in [0.1, 0.15) is 38.8 Å². The molecular formula is C35H29Br2F2N. The molecule has 0 fully saturated rings. The van der Waals surface area contributed by atoms with Gasteiger partial charge in [-0.3, -0.25) is 0 Å². The number of hydrogen-bond donors (Lipinski definition) is 0. The lowest BCUT2D eigenvalue weighted by Gasteiger charge is -2.35. The van der Waals surface area contributed by atoms with E-state index in [0.29, 0.717) is 11.1 Å². The van der Waals surface area contributed by atoms with Gasteiger partial charge in [-0.15, -0.1) is 0 Å². The van der Waals surface area contributed by atoms with E-state index < -0.39 is 16.8 Å². The minimum Gasteiger partial charge on any atom is -0.310 e. The van der Waals surface area contributed by atoms with Crippen molar-refractivity contribution in [3.05, 3.63) is 123 Å². The molecule has 0 bridgehead atoms. The van der Waals surface area contributed by atoms with Crippen LogP contribution in [0.2, 0.25) is 0 Å². The number of hydrogen-bond acceptors (Lipinski definition) is 1. The van der Waals surface area contributed by atoms with Crippen LogP contribution < -0.4 is 4.90 Å². The van der Waals surface area contributed by atoms with Gasteiger partial charge in [-0.1, -0.05) is 74.3 Å². The molecule has 0 N–H and O–H groups in total. The van der Waals surface area contributed by atoms with Gasteiger partial charge in [0.05, 0.1) is 16.5 Å². The summed E-state index contributed by atoms with van der Waals surface area (Å²) >= 11 is 7.14. The standard InChI is InChI=1S/C35H29Br2F2N/c1-33(2)30-18-9-24(20-31(30)34(3,4)35(33,38)39)29-19-22-7-5-6-8-23(22)21-32(29)40(27-14-10-25(36)11-15-27)28-16-12-26(37)13-17-28/h5-21H,1-4H3. The van der Waals surface area contributed by atoms with Gasteiger partial charge in [0.15, 0.2) is 0 Å². The van der Waals surface area contributed by atoms with E-state index in [9.17, 15) is 0 Å². The second-order valence-corrected chi connectivity index (χ2v) is 13.4. The van der Waals surface area contributed by atoms with Gasteiger partial charge in [0.1, 0.15) is 0 Å². The average molecular weight is 661 g/mol. The number of benzene rings is 5. The van der Waals surface area contributed by atoms with Crippen LogP contribution >= 0.6 is 31.9 Å². The first-order valence-corrected chi connectivity index (χ1v) is 14.9. The predicted molar refractivity (Wildman–Crippen MR) is 170 cm³/mol. The lowest BCUT2D eigenvalue weighted by Crippen LogP contribution is -2.46. The third-order valence-corrected chi connectivity index (χ3v) is 9.58. The first-order valence-electron chi connectivity index (χ1n) is 13.3. The summed E-state index contributed by atoms with van der Waals surface area (Å²) in [6.45, 7) is 6.65. The maximum atomic E-state index is 15.7. The Morgan fingerprint density at radius 3 is 1.62 bits per heavy atom. The normalized spacial score (nSPS) is 16.6. The number of alkyl halides is 2.